The van der Waals surface area contributed by atoms with Crippen LogP contribution in [-0.4, -0.2) is 61.2 Å². The predicted molar refractivity (Wildman–Crippen MR) is 139 cm³/mol. The van der Waals surface area contributed by atoms with Crippen molar-refractivity contribution >= 4 is 28.5 Å². The first-order valence-electron chi connectivity index (χ1n) is 12.9. The van der Waals surface area contributed by atoms with Crippen LogP contribution in [-0.2, 0) is 12.4 Å². The molecular weight excluding hydrogens is 552 g/mol. The van der Waals surface area contributed by atoms with Gasteiger partial charge in [-0.3, -0.25) is 0 Å². The number of hydrogen-bond acceptors (Lipinski definition) is 9. The lowest BCUT2D eigenvalue weighted by Gasteiger charge is -2.15. The topological polar surface area (TPSA) is 105 Å². The molecular formula is C26H25F6N9. The second-order valence-corrected chi connectivity index (χ2v) is 9.51. The molecule has 0 unspecified atom stereocenters. The Morgan fingerprint density at radius 3 is 2.34 bits per heavy atom. The average molecular weight is 578 g/mol. The lowest BCUT2D eigenvalue weighted by molar-refractivity contribution is -0.138. The number of hydrogen-bond donors (Lipinski definition) is 2. The number of aromatic nitrogens is 6. The van der Waals surface area contributed by atoms with E-state index >= 15 is 0 Å². The van der Waals surface area contributed by atoms with Crippen LogP contribution in [0.1, 0.15) is 36.8 Å². The number of rotatable bonds is 9. The van der Waals surface area contributed by atoms with Gasteiger partial charge in [0.25, 0.3) is 0 Å². The van der Waals surface area contributed by atoms with Crippen molar-refractivity contribution in [2.75, 3.05) is 36.8 Å². The van der Waals surface area contributed by atoms with Crippen LogP contribution in [0, 0.1) is 0 Å². The van der Waals surface area contributed by atoms with Crippen molar-refractivity contribution in [3.05, 3.63) is 54.0 Å². The summed E-state index contributed by atoms with van der Waals surface area (Å²) in [7, 11) is 0. The Hall–Kier alpha value is -4.14. The van der Waals surface area contributed by atoms with Crippen LogP contribution in [0.4, 0.5) is 43.7 Å². The molecule has 0 radical (unpaired) electrons. The Bertz CT molecular complexity index is 1490. The third kappa shape index (κ3) is 6.96. The van der Waals surface area contributed by atoms with E-state index in [4.69, 9.17) is 0 Å². The van der Waals surface area contributed by atoms with Gasteiger partial charge in [-0.15, -0.1) is 10.2 Å². The zero-order valence-corrected chi connectivity index (χ0v) is 21.6. The third-order valence-corrected chi connectivity index (χ3v) is 6.55. The molecule has 4 aromatic heterocycles. The quantitative estimate of drug-likeness (QED) is 0.185. The van der Waals surface area contributed by atoms with Crippen LogP contribution in [0.5, 0.6) is 0 Å². The van der Waals surface area contributed by atoms with E-state index < -0.39 is 29.2 Å². The highest BCUT2D eigenvalue weighted by atomic mass is 19.4. The maximum Gasteiger partial charge on any atom is 0.418 e. The minimum atomic E-state index is -4.74. The molecule has 1 fully saturated rings. The van der Waals surface area contributed by atoms with Gasteiger partial charge in [0.2, 0.25) is 0 Å². The molecule has 4 aromatic rings. The number of pyridine rings is 2. The number of nitrogens with zero attached hydrogens (tertiary/aromatic N) is 7. The lowest BCUT2D eigenvalue weighted by atomic mass is 10.1. The second kappa shape index (κ2) is 11.8. The summed E-state index contributed by atoms with van der Waals surface area (Å²) in [5.41, 5.74) is -2.16. The molecule has 9 nitrogen and oxygen atoms in total. The van der Waals surface area contributed by atoms with E-state index in [0.717, 1.165) is 56.9 Å². The molecule has 1 saturated heterocycles. The highest BCUT2D eigenvalue weighted by Crippen LogP contribution is 2.36. The molecule has 0 saturated carbocycles. The molecule has 0 atom stereocenters. The zero-order valence-electron chi connectivity index (χ0n) is 21.6. The summed E-state index contributed by atoms with van der Waals surface area (Å²) in [4.78, 5) is 18.6. The molecule has 41 heavy (non-hydrogen) atoms. The fraction of sp³-hybridized carbons (Fsp3) is 0.385. The first kappa shape index (κ1) is 28.4. The molecule has 2 N–H and O–H groups in total. The Morgan fingerprint density at radius 2 is 1.63 bits per heavy atom. The number of fused-ring (bicyclic) bond motifs is 1. The van der Waals surface area contributed by atoms with Gasteiger partial charge in [-0.1, -0.05) is 0 Å². The monoisotopic (exact) mass is 577 g/mol. The van der Waals surface area contributed by atoms with Crippen LogP contribution >= 0.6 is 0 Å². The Kier molecular flexibility index (Phi) is 8.15. The molecule has 5 heterocycles. The van der Waals surface area contributed by atoms with Crippen LogP contribution in [0.3, 0.4) is 0 Å². The van der Waals surface area contributed by atoms with Crippen LogP contribution < -0.4 is 10.6 Å². The van der Waals surface area contributed by atoms with E-state index in [1.165, 1.54) is 25.1 Å². The molecule has 0 amide bonds. The Morgan fingerprint density at radius 1 is 0.829 bits per heavy atom. The first-order chi connectivity index (χ1) is 19.6. The van der Waals surface area contributed by atoms with Crippen molar-refractivity contribution in [3.8, 4) is 11.4 Å². The van der Waals surface area contributed by atoms with Crippen LogP contribution in [0.25, 0.3) is 22.6 Å². The minimum Gasteiger partial charge on any atom is -0.369 e. The summed E-state index contributed by atoms with van der Waals surface area (Å²) >= 11 is 0. The SMILES string of the molecule is FC(F)(F)c1ccc(Nc2ccnc3nc(-c4nnc(NCCCCN5CCCC5)cc4C(F)(F)F)cnc23)nc1. The maximum absolute atomic E-state index is 14.0. The van der Waals surface area contributed by atoms with Gasteiger partial charge in [-0.25, -0.2) is 19.9 Å². The summed E-state index contributed by atoms with van der Waals surface area (Å²) in [6.07, 6.45) is -2.03. The van der Waals surface area contributed by atoms with Gasteiger partial charge in [0.15, 0.2) is 5.65 Å². The fourth-order valence-electron chi connectivity index (χ4n) is 4.48. The van der Waals surface area contributed by atoms with Gasteiger partial charge in [-0.05, 0) is 69.6 Å². The minimum absolute atomic E-state index is 0.00430. The smallest absolute Gasteiger partial charge is 0.369 e. The summed E-state index contributed by atoms with van der Waals surface area (Å²) in [6.45, 7) is 3.61. The normalized spacial score (nSPS) is 14.5. The Labute approximate surface area is 230 Å². The number of alkyl halides is 6. The number of nitrogens with one attached hydrogen (secondary N) is 2. The van der Waals surface area contributed by atoms with E-state index in [1.54, 1.807) is 0 Å². The van der Waals surface area contributed by atoms with Gasteiger partial charge in [0, 0.05) is 18.9 Å². The van der Waals surface area contributed by atoms with E-state index in [9.17, 15) is 26.3 Å². The van der Waals surface area contributed by atoms with Gasteiger partial charge >= 0.3 is 12.4 Å². The molecule has 216 valence electrons. The van der Waals surface area contributed by atoms with Gasteiger partial charge < -0.3 is 15.5 Å². The maximum atomic E-state index is 14.0. The van der Waals surface area contributed by atoms with Crippen molar-refractivity contribution in [1.82, 2.24) is 35.0 Å². The molecule has 15 heteroatoms. The predicted octanol–water partition coefficient (Wildman–Crippen LogP) is 5.95. The standard InChI is InChI=1S/C26H25F6N9/c27-25(28,29)16-5-6-20(35-14-16)37-18-7-9-34-24-23(18)36-15-19(38-24)22-17(26(30,31)32)13-21(39-40-22)33-8-1-2-10-41-11-3-4-12-41/h5-7,9,13-15H,1-4,8,10-12H2,(H,33,39)(H,34,35,37,38). The number of anilines is 3. The van der Waals surface area contributed by atoms with E-state index in [2.05, 4.69) is 45.7 Å². The van der Waals surface area contributed by atoms with Crippen molar-refractivity contribution in [2.45, 2.75) is 38.0 Å². The molecule has 1 aliphatic heterocycles. The van der Waals surface area contributed by atoms with E-state index in [0.29, 0.717) is 18.4 Å². The molecule has 5 rings (SSSR count). The number of halogens is 6. The van der Waals surface area contributed by atoms with Crippen molar-refractivity contribution in [3.63, 3.8) is 0 Å². The Balaban J connectivity index is 1.33. The zero-order chi connectivity index (χ0) is 29.0. The molecule has 0 spiro atoms. The molecule has 0 aromatic carbocycles. The van der Waals surface area contributed by atoms with Crippen molar-refractivity contribution in [2.24, 2.45) is 0 Å². The summed E-state index contributed by atoms with van der Waals surface area (Å²) < 4.78 is 80.4. The lowest BCUT2D eigenvalue weighted by Crippen LogP contribution is -2.21. The highest BCUT2D eigenvalue weighted by molar-refractivity contribution is 5.87. The first-order valence-corrected chi connectivity index (χ1v) is 12.9. The van der Waals surface area contributed by atoms with Crippen molar-refractivity contribution in [1.29, 1.82) is 0 Å². The summed E-state index contributed by atoms with van der Waals surface area (Å²) in [5.74, 6) is 0.102. The molecule has 1 aliphatic rings. The number of unbranched alkanes of at least 4 members (excludes halogenated alkanes) is 1. The third-order valence-electron chi connectivity index (χ3n) is 6.55. The molecule has 0 bridgehead atoms. The fourth-order valence-corrected chi connectivity index (χ4v) is 4.48. The van der Waals surface area contributed by atoms with Gasteiger partial charge in [0.1, 0.15) is 28.5 Å². The largest absolute Gasteiger partial charge is 0.418 e. The highest BCUT2D eigenvalue weighted by Gasteiger charge is 2.36. The van der Waals surface area contributed by atoms with Crippen molar-refractivity contribution < 1.29 is 26.3 Å². The summed E-state index contributed by atoms with van der Waals surface area (Å²) in [6, 6.07) is 4.40. The van der Waals surface area contributed by atoms with Crippen LogP contribution in [0.2, 0.25) is 0 Å². The van der Waals surface area contributed by atoms with Crippen LogP contribution in [0.15, 0.2) is 42.9 Å². The molecule has 0 aliphatic carbocycles. The average Bonchev–Trinajstić information content (AvgIpc) is 3.46. The van der Waals surface area contributed by atoms with Gasteiger partial charge in [-0.2, -0.15) is 26.3 Å². The second-order valence-electron chi connectivity index (χ2n) is 9.51. The number of likely N-dealkylation sites (tertiary alicyclic amines) is 1. The van der Waals surface area contributed by atoms with E-state index in [1.807, 2.05) is 0 Å². The summed E-state index contributed by atoms with van der Waals surface area (Å²) in [5, 5.41) is 13.5. The van der Waals surface area contributed by atoms with Gasteiger partial charge in [0.05, 0.1) is 23.0 Å². The van der Waals surface area contributed by atoms with E-state index in [-0.39, 0.29) is 28.5 Å².